The van der Waals surface area contributed by atoms with Crippen molar-refractivity contribution < 1.29 is 9.53 Å². The van der Waals surface area contributed by atoms with Gasteiger partial charge in [0.15, 0.2) is 0 Å². The molecular formula is C20H25Cl2N3O2. The summed E-state index contributed by atoms with van der Waals surface area (Å²) in [4.78, 5) is 17.2. The molecule has 1 unspecified atom stereocenters. The number of halogens is 2. The van der Waals surface area contributed by atoms with Gasteiger partial charge in [0.05, 0.1) is 6.20 Å². The van der Waals surface area contributed by atoms with Crippen LogP contribution in [0, 0.1) is 11.8 Å². The third kappa shape index (κ3) is 4.65. The fourth-order valence-electron chi connectivity index (χ4n) is 3.62. The van der Waals surface area contributed by atoms with Crippen molar-refractivity contribution in [3.05, 3.63) is 45.7 Å². The second-order valence-electron chi connectivity index (χ2n) is 7.39. The van der Waals surface area contributed by atoms with Crippen LogP contribution in [0.3, 0.4) is 0 Å². The van der Waals surface area contributed by atoms with E-state index in [0.29, 0.717) is 39.1 Å². The minimum absolute atomic E-state index is 0.0665. The monoisotopic (exact) mass is 409 g/mol. The Labute approximate surface area is 170 Å². The summed E-state index contributed by atoms with van der Waals surface area (Å²) in [6.45, 7) is 6.35. The van der Waals surface area contributed by atoms with Crippen LogP contribution < -0.4 is 10.1 Å². The summed E-state index contributed by atoms with van der Waals surface area (Å²) in [6, 6.07) is 5.28. The van der Waals surface area contributed by atoms with Crippen molar-refractivity contribution in [3.8, 4) is 6.01 Å². The maximum atomic E-state index is 12.9. The van der Waals surface area contributed by atoms with Crippen LogP contribution in [0.15, 0.2) is 24.4 Å². The molecule has 3 rings (SSSR count). The SMILES string of the molecule is CC(C)C(Oc1ncc(C(=O)c2cc(Cl)cc(Cl)c2)n1C)C1CCNCC1. The standard InChI is InChI=1S/C20H25Cl2N3O2/c1-12(2)19(13-4-6-23-7-5-13)27-20-24-11-17(25(20)3)18(26)14-8-15(21)10-16(22)9-14/h8-13,19,23H,4-7H2,1-3H3. The molecule has 1 aromatic carbocycles. The lowest BCUT2D eigenvalue weighted by molar-refractivity contribution is 0.0602. The summed E-state index contributed by atoms with van der Waals surface area (Å²) in [6.07, 6.45) is 3.78. The van der Waals surface area contributed by atoms with Crippen LogP contribution in [-0.2, 0) is 7.05 Å². The first-order valence-corrected chi connectivity index (χ1v) is 10.0. The first-order valence-electron chi connectivity index (χ1n) is 9.26. The van der Waals surface area contributed by atoms with E-state index in [1.807, 2.05) is 0 Å². The van der Waals surface area contributed by atoms with Gasteiger partial charge in [0, 0.05) is 22.7 Å². The molecule has 1 aliphatic heterocycles. The van der Waals surface area contributed by atoms with Gasteiger partial charge in [0.1, 0.15) is 11.8 Å². The Morgan fingerprint density at radius 3 is 2.44 bits per heavy atom. The van der Waals surface area contributed by atoms with Crippen LogP contribution in [-0.4, -0.2) is 34.5 Å². The average Bonchev–Trinajstić information content (AvgIpc) is 2.99. The molecule has 0 bridgehead atoms. The third-order valence-corrected chi connectivity index (χ3v) is 5.49. The quantitative estimate of drug-likeness (QED) is 0.719. The number of ether oxygens (including phenoxy) is 1. The summed E-state index contributed by atoms with van der Waals surface area (Å²) in [5.74, 6) is 0.650. The maximum absolute atomic E-state index is 12.9. The molecule has 1 aromatic heterocycles. The maximum Gasteiger partial charge on any atom is 0.296 e. The van der Waals surface area contributed by atoms with E-state index in [1.165, 1.54) is 0 Å². The molecule has 1 fully saturated rings. The van der Waals surface area contributed by atoms with Crippen LogP contribution in [0.4, 0.5) is 0 Å². The topological polar surface area (TPSA) is 56.1 Å². The van der Waals surface area contributed by atoms with Crippen molar-refractivity contribution in [2.75, 3.05) is 13.1 Å². The molecule has 0 saturated carbocycles. The second kappa shape index (κ2) is 8.63. The molecule has 0 aliphatic carbocycles. The molecule has 1 saturated heterocycles. The molecule has 1 N–H and O–H groups in total. The van der Waals surface area contributed by atoms with Crippen molar-refractivity contribution in [2.24, 2.45) is 18.9 Å². The predicted octanol–water partition coefficient (Wildman–Crippen LogP) is 4.36. The number of hydrogen-bond donors (Lipinski definition) is 1. The highest BCUT2D eigenvalue weighted by molar-refractivity contribution is 6.35. The van der Waals surface area contributed by atoms with Crippen molar-refractivity contribution in [2.45, 2.75) is 32.8 Å². The van der Waals surface area contributed by atoms with Gasteiger partial charge in [-0.25, -0.2) is 4.98 Å². The average molecular weight is 410 g/mol. The number of imidazole rings is 1. The number of rotatable bonds is 6. The minimum atomic E-state index is -0.188. The number of nitrogens with zero attached hydrogens (tertiary/aromatic N) is 2. The number of carbonyl (C=O) groups excluding carboxylic acids is 1. The molecule has 27 heavy (non-hydrogen) atoms. The predicted molar refractivity (Wildman–Crippen MR) is 108 cm³/mol. The molecule has 146 valence electrons. The summed E-state index contributed by atoms with van der Waals surface area (Å²) in [5.41, 5.74) is 0.872. The van der Waals surface area contributed by atoms with Gasteiger partial charge in [-0.3, -0.25) is 9.36 Å². The van der Waals surface area contributed by atoms with Gasteiger partial charge < -0.3 is 10.1 Å². The molecule has 1 aliphatic rings. The summed E-state index contributed by atoms with van der Waals surface area (Å²) >= 11 is 12.1. The van der Waals surface area contributed by atoms with E-state index in [0.717, 1.165) is 25.9 Å². The lowest BCUT2D eigenvalue weighted by Crippen LogP contribution is -2.40. The Morgan fingerprint density at radius 2 is 1.85 bits per heavy atom. The molecular weight excluding hydrogens is 385 g/mol. The molecule has 0 amide bonds. The first-order chi connectivity index (χ1) is 12.9. The Hall–Kier alpha value is -1.56. The van der Waals surface area contributed by atoms with E-state index in [1.54, 1.807) is 36.0 Å². The van der Waals surface area contributed by atoms with Crippen LogP contribution in [0.1, 0.15) is 42.7 Å². The molecule has 7 heteroatoms. The van der Waals surface area contributed by atoms with Crippen LogP contribution in [0.25, 0.3) is 0 Å². The van der Waals surface area contributed by atoms with Gasteiger partial charge in [-0.05, 0) is 56.0 Å². The highest BCUT2D eigenvalue weighted by Gasteiger charge is 2.29. The Bertz CT molecular complexity index is 793. The molecule has 0 spiro atoms. The third-order valence-electron chi connectivity index (χ3n) is 5.05. The smallest absolute Gasteiger partial charge is 0.296 e. The Balaban J connectivity index is 1.82. The van der Waals surface area contributed by atoms with E-state index < -0.39 is 0 Å². The summed E-state index contributed by atoms with van der Waals surface area (Å²) in [5, 5.41) is 4.24. The largest absolute Gasteiger partial charge is 0.461 e. The van der Waals surface area contributed by atoms with E-state index in [-0.39, 0.29) is 11.9 Å². The highest BCUT2D eigenvalue weighted by atomic mass is 35.5. The van der Waals surface area contributed by atoms with Crippen molar-refractivity contribution in [1.29, 1.82) is 0 Å². The Morgan fingerprint density at radius 1 is 1.22 bits per heavy atom. The van der Waals surface area contributed by atoms with Crippen molar-refractivity contribution in [1.82, 2.24) is 14.9 Å². The number of hydrogen-bond acceptors (Lipinski definition) is 4. The normalized spacial score (nSPS) is 16.5. The number of carbonyl (C=O) groups is 1. The van der Waals surface area contributed by atoms with Crippen molar-refractivity contribution >= 4 is 29.0 Å². The van der Waals surface area contributed by atoms with Gasteiger partial charge in [-0.1, -0.05) is 37.0 Å². The summed E-state index contributed by atoms with van der Waals surface area (Å²) in [7, 11) is 1.79. The van der Waals surface area contributed by atoms with E-state index in [4.69, 9.17) is 27.9 Å². The van der Waals surface area contributed by atoms with Crippen LogP contribution in [0.2, 0.25) is 10.0 Å². The number of piperidine rings is 1. The number of ketones is 1. The molecule has 5 nitrogen and oxygen atoms in total. The fourth-order valence-corrected chi connectivity index (χ4v) is 4.14. The first kappa shape index (κ1) is 20.2. The van der Waals surface area contributed by atoms with Gasteiger partial charge in [0.25, 0.3) is 6.01 Å². The van der Waals surface area contributed by atoms with Crippen LogP contribution in [0.5, 0.6) is 6.01 Å². The van der Waals surface area contributed by atoms with Gasteiger partial charge >= 0.3 is 0 Å². The molecule has 1 atom stereocenters. The lowest BCUT2D eigenvalue weighted by Gasteiger charge is -2.33. The summed E-state index contributed by atoms with van der Waals surface area (Å²) < 4.78 is 7.98. The molecule has 2 heterocycles. The lowest BCUT2D eigenvalue weighted by atomic mass is 9.86. The van der Waals surface area contributed by atoms with E-state index in [9.17, 15) is 4.79 Å². The van der Waals surface area contributed by atoms with E-state index in [2.05, 4.69) is 24.1 Å². The molecule has 0 radical (unpaired) electrons. The highest BCUT2D eigenvalue weighted by Crippen LogP contribution is 2.27. The van der Waals surface area contributed by atoms with Gasteiger partial charge in [-0.15, -0.1) is 0 Å². The fraction of sp³-hybridized carbons (Fsp3) is 0.500. The zero-order valence-electron chi connectivity index (χ0n) is 15.8. The van der Waals surface area contributed by atoms with E-state index >= 15 is 0 Å². The zero-order chi connectivity index (χ0) is 19.6. The second-order valence-corrected chi connectivity index (χ2v) is 8.26. The number of nitrogens with one attached hydrogen (secondary N) is 1. The Kier molecular flexibility index (Phi) is 6.45. The zero-order valence-corrected chi connectivity index (χ0v) is 17.3. The van der Waals surface area contributed by atoms with Gasteiger partial charge in [-0.2, -0.15) is 0 Å². The van der Waals surface area contributed by atoms with Crippen molar-refractivity contribution in [3.63, 3.8) is 0 Å². The minimum Gasteiger partial charge on any atom is -0.461 e. The molecule has 2 aromatic rings. The van der Waals surface area contributed by atoms with Gasteiger partial charge in [0.2, 0.25) is 5.78 Å². The number of benzene rings is 1. The number of aromatic nitrogens is 2. The van der Waals surface area contributed by atoms with Crippen LogP contribution >= 0.6 is 23.2 Å².